The third-order valence-corrected chi connectivity index (χ3v) is 3.85. The molecule has 1 amide bonds. The number of hydrogen-bond acceptors (Lipinski definition) is 3. The number of anilines is 2. The minimum atomic E-state index is -0.608. The van der Waals surface area contributed by atoms with Gasteiger partial charge < -0.3 is 15.4 Å². The number of carbonyl (C=O) groups excluding carboxylic acids is 1. The van der Waals surface area contributed by atoms with Gasteiger partial charge in [-0.05, 0) is 31.5 Å². The van der Waals surface area contributed by atoms with Crippen LogP contribution in [0.4, 0.5) is 15.8 Å². The second kappa shape index (κ2) is 3.68. The number of hydrogen-bond donors (Lipinski definition) is 2. The monoisotopic (exact) mass is 250 g/mol. The molecule has 0 spiro atoms. The molecule has 1 aromatic carbocycles. The minimum Gasteiger partial charge on any atom is -0.378 e. The molecular formula is C13H15FN2O2. The van der Waals surface area contributed by atoms with Crippen molar-refractivity contribution in [3.63, 3.8) is 0 Å². The fraction of sp³-hybridized carbons (Fsp3) is 0.462. The van der Waals surface area contributed by atoms with E-state index in [2.05, 4.69) is 10.6 Å². The highest BCUT2D eigenvalue weighted by molar-refractivity contribution is 6.00. The zero-order valence-electron chi connectivity index (χ0n) is 10.3. The number of halogens is 1. The number of rotatable bonds is 0. The fourth-order valence-electron chi connectivity index (χ4n) is 2.46. The van der Waals surface area contributed by atoms with Gasteiger partial charge in [0.1, 0.15) is 5.82 Å². The molecule has 1 fully saturated rings. The summed E-state index contributed by atoms with van der Waals surface area (Å²) in [6.07, 6.45) is 0. The first-order valence-corrected chi connectivity index (χ1v) is 5.96. The summed E-state index contributed by atoms with van der Waals surface area (Å²) in [4.78, 5) is 12.2. The van der Waals surface area contributed by atoms with Crippen molar-refractivity contribution in [1.82, 2.24) is 0 Å². The van der Waals surface area contributed by atoms with Gasteiger partial charge in [0.05, 0.1) is 36.0 Å². The normalized spacial score (nSPS) is 29.9. The molecule has 1 saturated heterocycles. The van der Waals surface area contributed by atoms with E-state index in [1.807, 2.05) is 6.92 Å². The van der Waals surface area contributed by atoms with E-state index >= 15 is 0 Å². The lowest BCUT2D eigenvalue weighted by Gasteiger charge is -2.25. The Kier molecular flexibility index (Phi) is 2.35. The Labute approximate surface area is 105 Å². The number of nitrogens with one attached hydrogen (secondary N) is 2. The Balaban J connectivity index is 2.08. The van der Waals surface area contributed by atoms with E-state index in [1.165, 1.54) is 6.07 Å². The van der Waals surface area contributed by atoms with Gasteiger partial charge in [-0.15, -0.1) is 0 Å². The van der Waals surface area contributed by atoms with Crippen LogP contribution in [0.25, 0.3) is 0 Å². The van der Waals surface area contributed by atoms with Crippen molar-refractivity contribution in [1.29, 1.82) is 0 Å². The van der Waals surface area contributed by atoms with E-state index in [4.69, 9.17) is 4.74 Å². The Morgan fingerprint density at radius 3 is 3.00 bits per heavy atom. The molecule has 18 heavy (non-hydrogen) atoms. The van der Waals surface area contributed by atoms with Crippen LogP contribution in [-0.2, 0) is 9.53 Å². The molecule has 1 aromatic rings. The van der Waals surface area contributed by atoms with Crippen molar-refractivity contribution in [3.8, 4) is 0 Å². The summed E-state index contributed by atoms with van der Waals surface area (Å²) in [6, 6.07) is 3.00. The summed E-state index contributed by atoms with van der Waals surface area (Å²) in [7, 11) is 0. The molecule has 2 aliphatic rings. The summed E-state index contributed by atoms with van der Waals surface area (Å²) in [5.74, 6) is -0.441. The molecule has 2 atom stereocenters. The average molecular weight is 250 g/mol. The Morgan fingerprint density at radius 1 is 1.44 bits per heavy atom. The maximum absolute atomic E-state index is 13.5. The van der Waals surface area contributed by atoms with Gasteiger partial charge in [0.2, 0.25) is 5.91 Å². The van der Waals surface area contributed by atoms with E-state index in [0.29, 0.717) is 24.5 Å². The maximum atomic E-state index is 13.5. The van der Waals surface area contributed by atoms with Crippen molar-refractivity contribution in [2.24, 2.45) is 5.41 Å². The van der Waals surface area contributed by atoms with Crippen molar-refractivity contribution in [3.05, 3.63) is 23.5 Å². The van der Waals surface area contributed by atoms with Crippen molar-refractivity contribution in [2.45, 2.75) is 19.9 Å². The van der Waals surface area contributed by atoms with Crippen LogP contribution < -0.4 is 10.6 Å². The van der Waals surface area contributed by atoms with Crippen molar-refractivity contribution < 1.29 is 13.9 Å². The Hall–Kier alpha value is -1.62. The topological polar surface area (TPSA) is 50.4 Å². The molecule has 0 aliphatic carbocycles. The zero-order chi connectivity index (χ0) is 12.9. The molecule has 2 unspecified atom stereocenters. The number of aryl methyl sites for hydroxylation is 1. The summed E-state index contributed by atoms with van der Waals surface area (Å²) in [6.45, 7) is 4.43. The van der Waals surface area contributed by atoms with Gasteiger partial charge in [-0.3, -0.25) is 4.79 Å². The second-order valence-electron chi connectivity index (χ2n) is 5.23. The number of carbonyl (C=O) groups is 1. The van der Waals surface area contributed by atoms with E-state index < -0.39 is 5.41 Å². The molecule has 0 saturated carbocycles. The largest absolute Gasteiger partial charge is 0.378 e. The minimum absolute atomic E-state index is 0.0800. The predicted octanol–water partition coefficient (Wildman–Crippen LogP) is 1.90. The number of amides is 1. The highest BCUT2D eigenvalue weighted by Gasteiger charge is 2.48. The molecule has 96 valence electrons. The molecule has 0 bridgehead atoms. The molecule has 2 heterocycles. The molecular weight excluding hydrogens is 235 g/mol. The number of benzene rings is 1. The molecule has 3 rings (SSSR count). The molecule has 4 nitrogen and oxygen atoms in total. The maximum Gasteiger partial charge on any atom is 0.234 e. The molecule has 5 heteroatoms. The van der Waals surface area contributed by atoms with Crippen LogP contribution in [0.3, 0.4) is 0 Å². The number of ether oxygens (including phenoxy) is 1. The second-order valence-corrected chi connectivity index (χ2v) is 5.23. The average Bonchev–Trinajstić information content (AvgIpc) is 2.64. The standard InChI is InChI=1S/C13H15FN2O2/c1-7-3-9-10(4-8(7)14)16-12(17)13(2)6-18-5-11(13)15-9/h3-4,11,15H,5-6H2,1-2H3,(H,16,17). The van der Waals surface area contributed by atoms with Crippen molar-refractivity contribution >= 4 is 17.3 Å². The van der Waals surface area contributed by atoms with Gasteiger partial charge in [0.25, 0.3) is 0 Å². The van der Waals surface area contributed by atoms with Crippen LogP contribution >= 0.6 is 0 Å². The predicted molar refractivity (Wildman–Crippen MR) is 66.1 cm³/mol. The number of fused-ring (bicyclic) bond motifs is 2. The Bertz CT molecular complexity index is 532. The summed E-state index contributed by atoms with van der Waals surface area (Å²) < 4.78 is 18.9. The first-order valence-electron chi connectivity index (χ1n) is 5.96. The third-order valence-electron chi connectivity index (χ3n) is 3.85. The zero-order valence-corrected chi connectivity index (χ0v) is 10.3. The lowest BCUT2D eigenvalue weighted by Crippen LogP contribution is -2.44. The van der Waals surface area contributed by atoms with Crippen LogP contribution in [-0.4, -0.2) is 25.2 Å². The fourth-order valence-corrected chi connectivity index (χ4v) is 2.46. The van der Waals surface area contributed by atoms with Crippen LogP contribution in [0, 0.1) is 18.2 Å². The van der Waals surface area contributed by atoms with E-state index in [9.17, 15) is 9.18 Å². The third kappa shape index (κ3) is 1.50. The van der Waals surface area contributed by atoms with E-state index in [-0.39, 0.29) is 17.8 Å². The van der Waals surface area contributed by atoms with E-state index in [0.717, 1.165) is 5.69 Å². The SMILES string of the molecule is Cc1cc2c(cc1F)NC(=O)C1(C)COCC1N2. The van der Waals surface area contributed by atoms with Crippen molar-refractivity contribution in [2.75, 3.05) is 23.8 Å². The molecule has 2 aliphatic heterocycles. The quantitative estimate of drug-likeness (QED) is 0.739. The lowest BCUT2D eigenvalue weighted by molar-refractivity contribution is -0.124. The summed E-state index contributed by atoms with van der Waals surface area (Å²) in [5.41, 5.74) is 1.20. The van der Waals surface area contributed by atoms with Gasteiger partial charge in [0, 0.05) is 0 Å². The highest BCUT2D eigenvalue weighted by atomic mass is 19.1. The molecule has 2 N–H and O–H groups in total. The van der Waals surface area contributed by atoms with Gasteiger partial charge in [-0.25, -0.2) is 4.39 Å². The van der Waals surface area contributed by atoms with Crippen LogP contribution in [0.15, 0.2) is 12.1 Å². The Morgan fingerprint density at radius 2 is 2.22 bits per heavy atom. The van der Waals surface area contributed by atoms with Crippen LogP contribution in [0.1, 0.15) is 12.5 Å². The van der Waals surface area contributed by atoms with Crippen LogP contribution in [0.5, 0.6) is 0 Å². The van der Waals surface area contributed by atoms with Crippen LogP contribution in [0.2, 0.25) is 0 Å². The van der Waals surface area contributed by atoms with E-state index in [1.54, 1.807) is 13.0 Å². The smallest absolute Gasteiger partial charge is 0.234 e. The summed E-state index contributed by atoms with van der Waals surface area (Å²) >= 11 is 0. The molecule has 0 radical (unpaired) electrons. The summed E-state index contributed by atoms with van der Waals surface area (Å²) in [5, 5.41) is 6.07. The highest BCUT2D eigenvalue weighted by Crippen LogP contribution is 2.38. The molecule has 0 aromatic heterocycles. The van der Waals surface area contributed by atoms with Gasteiger partial charge in [-0.2, -0.15) is 0 Å². The lowest BCUT2D eigenvalue weighted by atomic mass is 9.84. The van der Waals surface area contributed by atoms with Gasteiger partial charge in [0.15, 0.2) is 0 Å². The first-order chi connectivity index (χ1) is 8.50. The van der Waals surface area contributed by atoms with Gasteiger partial charge in [-0.1, -0.05) is 0 Å². The van der Waals surface area contributed by atoms with Gasteiger partial charge >= 0.3 is 0 Å². The first kappa shape index (κ1) is 11.5.